The van der Waals surface area contributed by atoms with Crippen molar-refractivity contribution in [1.82, 2.24) is 15.5 Å². The average molecular weight is 341 g/mol. The van der Waals surface area contributed by atoms with Crippen LogP contribution in [0.4, 0.5) is 4.79 Å². The molecule has 2 saturated heterocycles. The number of carbonyl (C=O) groups excluding carboxylic acids is 3. The number of alkyl carbamates (subject to hydrolysis) is 1. The highest BCUT2D eigenvalue weighted by Gasteiger charge is 2.37. The molecule has 0 aromatic heterocycles. The van der Waals surface area contributed by atoms with E-state index in [-0.39, 0.29) is 18.2 Å². The molecule has 0 bridgehead atoms. The minimum atomic E-state index is -1.38. The topological polar surface area (TPSA) is 108 Å². The lowest BCUT2D eigenvalue weighted by Crippen LogP contribution is -2.56. The van der Waals surface area contributed by atoms with Crippen molar-refractivity contribution < 1.29 is 24.2 Å². The van der Waals surface area contributed by atoms with Gasteiger partial charge in [-0.05, 0) is 40.0 Å². The highest BCUT2D eigenvalue weighted by molar-refractivity contribution is 5.84. The van der Waals surface area contributed by atoms with Gasteiger partial charge in [0.05, 0.1) is 6.04 Å². The SMILES string of the molecule is CC(C)(C)OC(=O)N[C@@H](C[C@@H]1CCNC1=O)C(O)C(=O)N1CCC1. The van der Waals surface area contributed by atoms with Crippen LogP contribution in [0, 0.1) is 5.92 Å². The Morgan fingerprint density at radius 1 is 1.42 bits per heavy atom. The van der Waals surface area contributed by atoms with Crippen molar-refractivity contribution in [3.63, 3.8) is 0 Å². The number of carbonyl (C=O) groups is 3. The van der Waals surface area contributed by atoms with Crippen molar-refractivity contribution in [1.29, 1.82) is 0 Å². The van der Waals surface area contributed by atoms with Gasteiger partial charge in [-0.25, -0.2) is 4.79 Å². The Kier molecular flexibility index (Phi) is 5.69. The highest BCUT2D eigenvalue weighted by Crippen LogP contribution is 2.20. The van der Waals surface area contributed by atoms with E-state index in [1.54, 1.807) is 25.7 Å². The molecule has 3 atom stereocenters. The van der Waals surface area contributed by atoms with Gasteiger partial charge in [-0.15, -0.1) is 0 Å². The van der Waals surface area contributed by atoms with Gasteiger partial charge in [0.2, 0.25) is 5.91 Å². The third-order valence-corrected chi connectivity index (χ3v) is 4.21. The van der Waals surface area contributed by atoms with Crippen molar-refractivity contribution in [2.45, 2.75) is 57.8 Å². The molecule has 0 aromatic carbocycles. The molecule has 8 nitrogen and oxygen atoms in total. The number of nitrogens with one attached hydrogen (secondary N) is 2. The fraction of sp³-hybridized carbons (Fsp3) is 0.812. The average Bonchev–Trinajstić information content (AvgIpc) is 2.78. The maximum atomic E-state index is 12.3. The standard InChI is InChI=1S/C16H27N3O5/c1-16(2,3)24-15(23)18-11(9-10-5-6-17-13(10)21)12(20)14(22)19-7-4-8-19/h10-12,20H,4-9H2,1-3H3,(H,17,21)(H,18,23)/t10-,11-,12?/m0/s1. The first-order valence-electron chi connectivity index (χ1n) is 8.41. The van der Waals surface area contributed by atoms with Gasteiger partial charge in [-0.1, -0.05) is 0 Å². The molecule has 0 spiro atoms. The monoisotopic (exact) mass is 341 g/mol. The van der Waals surface area contributed by atoms with Crippen LogP contribution in [0.5, 0.6) is 0 Å². The lowest BCUT2D eigenvalue weighted by Gasteiger charge is -2.35. The largest absolute Gasteiger partial charge is 0.444 e. The molecule has 0 aliphatic carbocycles. The third kappa shape index (κ3) is 4.83. The number of rotatable bonds is 5. The van der Waals surface area contributed by atoms with Crippen LogP contribution in [0.15, 0.2) is 0 Å². The van der Waals surface area contributed by atoms with Gasteiger partial charge in [0, 0.05) is 25.6 Å². The van der Waals surface area contributed by atoms with Crippen LogP contribution in [0.25, 0.3) is 0 Å². The summed E-state index contributed by atoms with van der Waals surface area (Å²) in [6.07, 6.45) is -0.359. The van der Waals surface area contributed by atoms with Gasteiger partial charge in [0.1, 0.15) is 5.60 Å². The summed E-state index contributed by atoms with van der Waals surface area (Å²) in [4.78, 5) is 37.6. The first-order valence-corrected chi connectivity index (χ1v) is 8.41. The Balaban J connectivity index is 2.03. The van der Waals surface area contributed by atoms with Crippen molar-refractivity contribution in [3.8, 4) is 0 Å². The van der Waals surface area contributed by atoms with Crippen LogP contribution in [-0.2, 0) is 14.3 Å². The highest BCUT2D eigenvalue weighted by atomic mass is 16.6. The van der Waals surface area contributed by atoms with Crippen LogP contribution >= 0.6 is 0 Å². The van der Waals surface area contributed by atoms with Crippen molar-refractivity contribution in [2.75, 3.05) is 19.6 Å². The first kappa shape index (κ1) is 18.5. The molecule has 8 heteroatoms. The number of ether oxygens (including phenoxy) is 1. The summed E-state index contributed by atoms with van der Waals surface area (Å²) in [6.45, 7) is 6.98. The molecule has 2 aliphatic rings. The number of hydrogen-bond donors (Lipinski definition) is 3. The van der Waals surface area contributed by atoms with E-state index in [9.17, 15) is 19.5 Å². The van der Waals surface area contributed by atoms with Crippen LogP contribution in [0.2, 0.25) is 0 Å². The summed E-state index contributed by atoms with van der Waals surface area (Å²) in [5.74, 6) is -0.862. The van der Waals surface area contributed by atoms with E-state index in [0.717, 1.165) is 6.42 Å². The summed E-state index contributed by atoms with van der Waals surface area (Å²) < 4.78 is 5.20. The van der Waals surface area contributed by atoms with Crippen LogP contribution < -0.4 is 10.6 Å². The summed E-state index contributed by atoms with van der Waals surface area (Å²) in [5.41, 5.74) is -0.689. The summed E-state index contributed by atoms with van der Waals surface area (Å²) in [6, 6.07) is -0.859. The molecule has 2 aliphatic heterocycles. The summed E-state index contributed by atoms with van der Waals surface area (Å²) >= 11 is 0. The molecule has 0 radical (unpaired) electrons. The van der Waals surface area contributed by atoms with E-state index < -0.39 is 29.7 Å². The van der Waals surface area contributed by atoms with Crippen molar-refractivity contribution in [2.24, 2.45) is 5.92 Å². The van der Waals surface area contributed by atoms with Gasteiger partial charge in [0.25, 0.3) is 5.91 Å². The minimum Gasteiger partial charge on any atom is -0.444 e. The van der Waals surface area contributed by atoms with Gasteiger partial charge in [-0.3, -0.25) is 9.59 Å². The van der Waals surface area contributed by atoms with E-state index in [0.29, 0.717) is 26.1 Å². The molecule has 0 saturated carbocycles. The summed E-state index contributed by atoms with van der Waals surface area (Å²) in [7, 11) is 0. The van der Waals surface area contributed by atoms with E-state index in [2.05, 4.69) is 10.6 Å². The van der Waals surface area contributed by atoms with E-state index in [4.69, 9.17) is 4.74 Å². The second-order valence-corrected chi connectivity index (χ2v) is 7.39. The van der Waals surface area contributed by atoms with Gasteiger partial charge < -0.3 is 25.4 Å². The molecule has 1 unspecified atom stereocenters. The molecule has 0 aromatic rings. The third-order valence-electron chi connectivity index (χ3n) is 4.21. The molecule has 2 fully saturated rings. The lowest BCUT2D eigenvalue weighted by atomic mass is 9.94. The molecule has 2 heterocycles. The molecule has 136 valence electrons. The van der Waals surface area contributed by atoms with Gasteiger partial charge >= 0.3 is 6.09 Å². The van der Waals surface area contributed by atoms with Gasteiger partial charge in [-0.2, -0.15) is 0 Å². The molecule has 3 N–H and O–H groups in total. The number of likely N-dealkylation sites (tertiary alicyclic amines) is 1. The quantitative estimate of drug-likeness (QED) is 0.652. The second-order valence-electron chi connectivity index (χ2n) is 7.39. The Morgan fingerprint density at radius 2 is 2.08 bits per heavy atom. The number of nitrogens with zero attached hydrogens (tertiary/aromatic N) is 1. The fourth-order valence-electron chi connectivity index (χ4n) is 2.80. The number of aliphatic hydroxyl groups is 1. The number of aliphatic hydroxyl groups excluding tert-OH is 1. The van der Waals surface area contributed by atoms with E-state index >= 15 is 0 Å². The molecule has 24 heavy (non-hydrogen) atoms. The molecule has 3 amide bonds. The maximum Gasteiger partial charge on any atom is 0.407 e. The van der Waals surface area contributed by atoms with Crippen molar-refractivity contribution in [3.05, 3.63) is 0 Å². The number of amides is 3. The zero-order chi connectivity index (χ0) is 17.9. The van der Waals surface area contributed by atoms with Crippen LogP contribution in [-0.4, -0.2) is 65.3 Å². The fourth-order valence-corrected chi connectivity index (χ4v) is 2.80. The normalized spacial score (nSPS) is 23.1. The zero-order valence-corrected chi connectivity index (χ0v) is 14.5. The molecular weight excluding hydrogens is 314 g/mol. The predicted octanol–water partition coefficient (Wildman–Crippen LogP) is -0.000900. The van der Waals surface area contributed by atoms with Crippen LogP contribution in [0.3, 0.4) is 0 Å². The first-order chi connectivity index (χ1) is 11.2. The van der Waals surface area contributed by atoms with E-state index in [1.807, 2.05) is 0 Å². The second kappa shape index (κ2) is 7.38. The number of hydrogen-bond acceptors (Lipinski definition) is 5. The lowest BCUT2D eigenvalue weighted by molar-refractivity contribution is -0.145. The van der Waals surface area contributed by atoms with Crippen LogP contribution in [0.1, 0.15) is 40.0 Å². The molecular formula is C16H27N3O5. The smallest absolute Gasteiger partial charge is 0.407 e. The minimum absolute atomic E-state index is 0.116. The Labute approximate surface area is 141 Å². The van der Waals surface area contributed by atoms with E-state index in [1.165, 1.54) is 0 Å². The van der Waals surface area contributed by atoms with Gasteiger partial charge in [0.15, 0.2) is 6.10 Å². The Bertz CT molecular complexity index is 498. The Morgan fingerprint density at radius 3 is 2.54 bits per heavy atom. The Hall–Kier alpha value is -1.83. The summed E-state index contributed by atoms with van der Waals surface area (Å²) in [5, 5.41) is 15.7. The molecule has 2 rings (SSSR count). The zero-order valence-electron chi connectivity index (χ0n) is 14.5. The maximum absolute atomic E-state index is 12.3. The predicted molar refractivity (Wildman–Crippen MR) is 86.1 cm³/mol. The van der Waals surface area contributed by atoms with Crippen molar-refractivity contribution >= 4 is 17.9 Å².